The molecule has 0 bridgehead atoms. The fourth-order valence-electron chi connectivity index (χ4n) is 4.82. The molecular weight excluding hydrogens is 424 g/mol. The average molecular weight is 453 g/mol. The summed E-state index contributed by atoms with van der Waals surface area (Å²) in [5, 5.41) is 17.3. The highest BCUT2D eigenvalue weighted by Crippen LogP contribution is 2.36. The van der Waals surface area contributed by atoms with E-state index in [-0.39, 0.29) is 4.90 Å². The second-order valence-corrected chi connectivity index (χ2v) is 10.9. The Hall–Kier alpha value is -2.62. The van der Waals surface area contributed by atoms with E-state index in [2.05, 4.69) is 55.1 Å². The van der Waals surface area contributed by atoms with Crippen molar-refractivity contribution < 1.29 is 8.42 Å². The second-order valence-electron chi connectivity index (χ2n) is 8.92. The Morgan fingerprint density at radius 2 is 1.81 bits per heavy atom. The van der Waals surface area contributed by atoms with Crippen LogP contribution in [0.3, 0.4) is 0 Å². The molecule has 9 heteroatoms. The highest BCUT2D eigenvalue weighted by Gasteiger charge is 2.25. The summed E-state index contributed by atoms with van der Waals surface area (Å²) in [6, 6.07) is 13.8. The Morgan fingerprint density at radius 1 is 1.06 bits per heavy atom. The lowest BCUT2D eigenvalue weighted by molar-refractivity contribution is 0.158. The minimum Gasteiger partial charge on any atom is -0.316 e. The van der Waals surface area contributed by atoms with E-state index in [0.717, 1.165) is 43.2 Å². The quantitative estimate of drug-likeness (QED) is 0.592. The van der Waals surface area contributed by atoms with Crippen LogP contribution in [0, 0.1) is 5.92 Å². The molecule has 168 valence electrons. The molecule has 0 atom stereocenters. The van der Waals surface area contributed by atoms with Crippen molar-refractivity contribution in [3.63, 3.8) is 0 Å². The summed E-state index contributed by atoms with van der Waals surface area (Å²) in [4.78, 5) is 2.82. The van der Waals surface area contributed by atoms with Gasteiger partial charge in [-0.3, -0.25) is 0 Å². The van der Waals surface area contributed by atoms with E-state index in [1.54, 1.807) is 12.1 Å². The molecule has 3 heterocycles. The molecule has 5 rings (SSSR count). The number of hydrogen-bond acceptors (Lipinski definition) is 7. The molecule has 0 aliphatic carbocycles. The normalized spacial score (nSPS) is 18.5. The molecule has 2 aliphatic rings. The molecule has 8 nitrogen and oxygen atoms in total. The van der Waals surface area contributed by atoms with E-state index in [4.69, 9.17) is 0 Å². The van der Waals surface area contributed by atoms with E-state index in [1.807, 2.05) is 6.07 Å². The number of rotatable bonds is 6. The molecule has 3 aromatic rings. The van der Waals surface area contributed by atoms with E-state index < -0.39 is 9.84 Å². The number of piperidine rings is 1. The van der Waals surface area contributed by atoms with Gasteiger partial charge in [0.15, 0.2) is 15.7 Å². The molecular formula is C23H28N6O2S. The summed E-state index contributed by atoms with van der Waals surface area (Å²) in [5.41, 5.74) is 3.59. The number of likely N-dealkylation sites (tertiary alicyclic amines) is 1. The minimum absolute atomic E-state index is 0.215. The topological polar surface area (TPSA) is 104 Å². The van der Waals surface area contributed by atoms with Crippen LogP contribution in [-0.4, -0.2) is 72.9 Å². The Morgan fingerprint density at radius 3 is 2.41 bits per heavy atom. The summed E-state index contributed by atoms with van der Waals surface area (Å²) in [5.74, 6) is 1.74. The molecule has 2 fully saturated rings. The van der Waals surface area contributed by atoms with Crippen LogP contribution in [0.2, 0.25) is 0 Å². The van der Waals surface area contributed by atoms with Crippen LogP contribution in [-0.2, 0) is 9.84 Å². The van der Waals surface area contributed by atoms with Crippen molar-refractivity contribution in [2.75, 3.05) is 39.0 Å². The predicted molar refractivity (Wildman–Crippen MR) is 123 cm³/mol. The zero-order chi connectivity index (χ0) is 22.1. The molecule has 0 saturated carbocycles. The maximum atomic E-state index is 12.4. The van der Waals surface area contributed by atoms with Gasteiger partial charge in [0, 0.05) is 31.5 Å². The zero-order valence-electron chi connectivity index (χ0n) is 18.2. The molecule has 0 amide bonds. The molecule has 0 spiro atoms. The minimum atomic E-state index is -3.45. The summed E-state index contributed by atoms with van der Waals surface area (Å²) in [7, 11) is -3.45. The van der Waals surface area contributed by atoms with Gasteiger partial charge in [-0.25, -0.2) is 13.5 Å². The van der Waals surface area contributed by atoms with Crippen molar-refractivity contribution in [2.45, 2.75) is 23.7 Å². The van der Waals surface area contributed by atoms with Gasteiger partial charge in [-0.15, -0.1) is 5.10 Å². The smallest absolute Gasteiger partial charge is 0.181 e. The summed E-state index contributed by atoms with van der Waals surface area (Å²) in [6.45, 7) is 5.85. The first kappa shape index (κ1) is 21.2. The van der Waals surface area contributed by atoms with Gasteiger partial charge in [-0.1, -0.05) is 36.4 Å². The monoisotopic (exact) mass is 452 g/mol. The first-order valence-corrected chi connectivity index (χ1v) is 13.0. The van der Waals surface area contributed by atoms with Crippen molar-refractivity contribution in [1.29, 1.82) is 0 Å². The molecule has 32 heavy (non-hydrogen) atoms. The van der Waals surface area contributed by atoms with Crippen molar-refractivity contribution in [2.24, 2.45) is 5.92 Å². The third kappa shape index (κ3) is 4.32. The summed E-state index contributed by atoms with van der Waals surface area (Å²) in [6.07, 6.45) is 3.56. The molecule has 0 radical (unpaired) electrons. The van der Waals surface area contributed by atoms with Gasteiger partial charge in [0.1, 0.15) is 0 Å². The van der Waals surface area contributed by atoms with E-state index in [9.17, 15) is 8.42 Å². The number of hydrogen-bond donors (Lipinski definition) is 2. The standard InChI is InChI=1S/C23H28N6O2S/c1-32(30,31)21-4-2-3-20(22(21)23-25-27-28-26-23)19-7-5-17(6-8-19)18-9-11-29(12-10-18)15-16-13-24-14-16/h2-8,16,18,24H,9-15H2,1H3,(H,25,26,27,28). The van der Waals surface area contributed by atoms with Crippen LogP contribution >= 0.6 is 0 Å². The first-order valence-electron chi connectivity index (χ1n) is 11.1. The number of nitrogens with one attached hydrogen (secondary N) is 2. The van der Waals surface area contributed by atoms with Gasteiger partial charge >= 0.3 is 0 Å². The maximum Gasteiger partial charge on any atom is 0.181 e. The summed E-state index contributed by atoms with van der Waals surface area (Å²) < 4.78 is 24.8. The number of sulfone groups is 1. The maximum absolute atomic E-state index is 12.4. The predicted octanol–water partition coefficient (Wildman–Crippen LogP) is 2.34. The largest absolute Gasteiger partial charge is 0.316 e. The first-order chi connectivity index (χ1) is 15.5. The summed E-state index contributed by atoms with van der Waals surface area (Å²) >= 11 is 0. The highest BCUT2D eigenvalue weighted by molar-refractivity contribution is 7.90. The average Bonchev–Trinajstić information content (AvgIpc) is 3.30. The van der Waals surface area contributed by atoms with E-state index in [1.165, 1.54) is 31.2 Å². The van der Waals surface area contributed by atoms with Crippen molar-refractivity contribution >= 4 is 9.84 Å². The Bertz CT molecular complexity index is 1170. The van der Waals surface area contributed by atoms with E-state index in [0.29, 0.717) is 17.3 Å². The fraction of sp³-hybridized carbons (Fsp3) is 0.435. The number of tetrazole rings is 1. The molecule has 2 aromatic carbocycles. The van der Waals surface area contributed by atoms with Crippen LogP contribution in [0.4, 0.5) is 0 Å². The van der Waals surface area contributed by atoms with E-state index >= 15 is 0 Å². The number of aromatic nitrogens is 4. The molecule has 0 unspecified atom stereocenters. The Balaban J connectivity index is 1.38. The number of benzene rings is 2. The number of nitrogens with zero attached hydrogens (tertiary/aromatic N) is 4. The molecule has 2 N–H and O–H groups in total. The van der Waals surface area contributed by atoms with Gasteiger partial charge in [0.25, 0.3) is 0 Å². The van der Waals surface area contributed by atoms with Crippen molar-refractivity contribution in [3.8, 4) is 22.5 Å². The van der Waals surface area contributed by atoms with Crippen LogP contribution in [0.15, 0.2) is 47.4 Å². The van der Waals surface area contributed by atoms with Gasteiger partial charge < -0.3 is 10.2 Å². The third-order valence-electron chi connectivity index (χ3n) is 6.67. The molecule has 2 aliphatic heterocycles. The SMILES string of the molecule is CS(=O)(=O)c1cccc(-c2ccc(C3CCN(CC4CNC4)CC3)cc2)c1-c1nnn[nH]1. The second kappa shape index (κ2) is 8.73. The number of aromatic amines is 1. The lowest BCUT2D eigenvalue weighted by atomic mass is 9.87. The molecule has 2 saturated heterocycles. The van der Waals surface area contributed by atoms with Gasteiger partial charge in [-0.2, -0.15) is 0 Å². The Labute approximate surface area is 188 Å². The van der Waals surface area contributed by atoms with Crippen molar-refractivity contribution in [1.82, 2.24) is 30.8 Å². The fourth-order valence-corrected chi connectivity index (χ4v) is 5.72. The molecule has 1 aromatic heterocycles. The van der Waals surface area contributed by atoms with Crippen molar-refractivity contribution in [3.05, 3.63) is 48.0 Å². The number of H-pyrrole nitrogens is 1. The lowest BCUT2D eigenvalue weighted by Crippen LogP contribution is -2.49. The van der Waals surface area contributed by atoms with Crippen LogP contribution in [0.5, 0.6) is 0 Å². The van der Waals surface area contributed by atoms with Gasteiger partial charge in [0.05, 0.1) is 4.90 Å². The zero-order valence-corrected chi connectivity index (χ0v) is 19.0. The van der Waals surface area contributed by atoms with Crippen LogP contribution < -0.4 is 5.32 Å². The highest BCUT2D eigenvalue weighted by atomic mass is 32.2. The lowest BCUT2D eigenvalue weighted by Gasteiger charge is -2.37. The van der Waals surface area contributed by atoms with Gasteiger partial charge in [-0.05, 0) is 71.0 Å². The van der Waals surface area contributed by atoms with Gasteiger partial charge in [0.2, 0.25) is 0 Å². The van der Waals surface area contributed by atoms with Crippen LogP contribution in [0.1, 0.15) is 24.3 Å². The third-order valence-corrected chi connectivity index (χ3v) is 7.81. The Kier molecular flexibility index (Phi) is 5.79. The van der Waals surface area contributed by atoms with Crippen LogP contribution in [0.25, 0.3) is 22.5 Å².